The first kappa shape index (κ1) is 12.5. The van der Waals surface area contributed by atoms with Crippen molar-refractivity contribution < 1.29 is 23.1 Å². The van der Waals surface area contributed by atoms with Crippen LogP contribution >= 0.6 is 0 Å². The fraction of sp³-hybridized carbons (Fsp3) is 0.556. The Labute approximate surface area is 89.7 Å². The predicted molar refractivity (Wildman–Crippen MR) is 48.9 cm³/mol. The number of halogens is 3. The van der Waals surface area contributed by atoms with Gasteiger partial charge in [0.25, 0.3) is 0 Å². The second-order valence-corrected chi connectivity index (χ2v) is 3.97. The van der Waals surface area contributed by atoms with E-state index in [-0.39, 0.29) is 5.69 Å². The SMILES string of the molecule is Cn1nc(C(C)(C)C(=O)O)cc1C(F)(F)F. The predicted octanol–water partition coefficient (Wildman–Crippen LogP) is 1.80. The molecule has 7 heteroatoms. The van der Waals surface area contributed by atoms with Gasteiger partial charge in [-0.05, 0) is 19.9 Å². The lowest BCUT2D eigenvalue weighted by atomic mass is 9.89. The van der Waals surface area contributed by atoms with E-state index in [2.05, 4.69) is 5.10 Å². The van der Waals surface area contributed by atoms with Gasteiger partial charge >= 0.3 is 12.1 Å². The van der Waals surface area contributed by atoms with E-state index in [4.69, 9.17) is 5.11 Å². The second kappa shape index (κ2) is 3.50. The number of aromatic nitrogens is 2. The molecule has 1 rings (SSSR count). The first-order chi connectivity index (χ1) is 7.06. The van der Waals surface area contributed by atoms with Crippen molar-refractivity contribution in [1.82, 2.24) is 9.78 Å². The third-order valence-corrected chi connectivity index (χ3v) is 2.35. The molecular formula is C9H11F3N2O2. The number of hydrogen-bond donors (Lipinski definition) is 1. The van der Waals surface area contributed by atoms with Crippen LogP contribution in [0.1, 0.15) is 25.2 Å². The average Bonchev–Trinajstić information content (AvgIpc) is 2.46. The van der Waals surface area contributed by atoms with E-state index in [0.717, 1.165) is 13.1 Å². The molecule has 0 aliphatic rings. The summed E-state index contributed by atoms with van der Waals surface area (Å²) in [5.74, 6) is -1.22. The van der Waals surface area contributed by atoms with Crippen LogP contribution in [-0.4, -0.2) is 20.9 Å². The fourth-order valence-electron chi connectivity index (χ4n) is 1.15. The zero-order chi connectivity index (χ0) is 12.7. The standard InChI is InChI=1S/C9H11F3N2O2/c1-8(2,7(15)16)5-4-6(9(10,11)12)14(3)13-5/h4H,1-3H3,(H,15,16). The second-order valence-electron chi connectivity index (χ2n) is 3.97. The zero-order valence-electron chi connectivity index (χ0n) is 8.96. The normalized spacial score (nSPS) is 12.9. The number of nitrogens with zero attached hydrogens (tertiary/aromatic N) is 2. The number of aliphatic carboxylic acids is 1. The first-order valence-corrected chi connectivity index (χ1v) is 4.42. The molecule has 0 radical (unpaired) electrons. The van der Waals surface area contributed by atoms with E-state index >= 15 is 0 Å². The molecule has 0 atom stereocenters. The van der Waals surface area contributed by atoms with Crippen molar-refractivity contribution in [2.45, 2.75) is 25.4 Å². The van der Waals surface area contributed by atoms with E-state index in [0.29, 0.717) is 4.68 Å². The lowest BCUT2D eigenvalue weighted by Crippen LogP contribution is -2.29. The Bertz CT molecular complexity index is 421. The minimum Gasteiger partial charge on any atom is -0.481 e. The molecule has 0 spiro atoms. The van der Waals surface area contributed by atoms with Gasteiger partial charge in [-0.25, -0.2) is 0 Å². The molecule has 4 nitrogen and oxygen atoms in total. The zero-order valence-corrected chi connectivity index (χ0v) is 8.96. The van der Waals surface area contributed by atoms with Gasteiger partial charge in [-0.1, -0.05) is 0 Å². The Morgan fingerprint density at radius 2 is 1.94 bits per heavy atom. The Morgan fingerprint density at radius 3 is 2.25 bits per heavy atom. The van der Waals surface area contributed by atoms with Crippen LogP contribution in [-0.2, 0) is 23.4 Å². The van der Waals surface area contributed by atoms with E-state index in [1.807, 2.05) is 0 Å². The van der Waals surface area contributed by atoms with Crippen LogP contribution in [0, 0.1) is 0 Å². The molecule has 0 unspecified atom stereocenters. The minimum absolute atomic E-state index is 0.116. The highest BCUT2D eigenvalue weighted by atomic mass is 19.4. The van der Waals surface area contributed by atoms with Crippen LogP contribution in [0.25, 0.3) is 0 Å². The summed E-state index contributed by atoms with van der Waals surface area (Å²) in [7, 11) is 1.13. The number of carboxylic acid groups (broad SMARTS) is 1. The summed E-state index contributed by atoms with van der Waals surface area (Å²) in [5, 5.41) is 12.5. The summed E-state index contributed by atoms with van der Waals surface area (Å²) >= 11 is 0. The third-order valence-electron chi connectivity index (χ3n) is 2.35. The van der Waals surface area contributed by atoms with E-state index in [9.17, 15) is 18.0 Å². The number of carbonyl (C=O) groups is 1. The average molecular weight is 236 g/mol. The van der Waals surface area contributed by atoms with Gasteiger partial charge in [-0.15, -0.1) is 0 Å². The monoisotopic (exact) mass is 236 g/mol. The fourth-order valence-corrected chi connectivity index (χ4v) is 1.15. The molecule has 0 saturated carbocycles. The number of carboxylic acids is 1. The lowest BCUT2D eigenvalue weighted by Gasteiger charge is -2.15. The molecule has 0 aliphatic carbocycles. The van der Waals surface area contributed by atoms with Crippen molar-refractivity contribution in [3.8, 4) is 0 Å². The van der Waals surface area contributed by atoms with Gasteiger partial charge in [0.1, 0.15) is 11.1 Å². The summed E-state index contributed by atoms with van der Waals surface area (Å²) in [5.41, 5.74) is -2.52. The molecule has 0 fully saturated rings. The topological polar surface area (TPSA) is 55.1 Å². The summed E-state index contributed by atoms with van der Waals surface area (Å²) in [6.07, 6.45) is -4.53. The highest BCUT2D eigenvalue weighted by Gasteiger charge is 2.39. The molecule has 0 saturated heterocycles. The van der Waals surface area contributed by atoms with Crippen LogP contribution < -0.4 is 0 Å². The molecule has 1 aromatic heterocycles. The van der Waals surface area contributed by atoms with E-state index in [1.165, 1.54) is 13.8 Å². The van der Waals surface area contributed by atoms with Gasteiger partial charge in [0, 0.05) is 7.05 Å². The third kappa shape index (κ3) is 2.02. The summed E-state index contributed by atoms with van der Waals surface area (Å²) < 4.78 is 38.0. The molecule has 1 heterocycles. The van der Waals surface area contributed by atoms with Crippen molar-refractivity contribution in [1.29, 1.82) is 0 Å². The maximum absolute atomic E-state index is 12.4. The Hall–Kier alpha value is -1.53. The number of rotatable bonds is 2. The van der Waals surface area contributed by atoms with Gasteiger partial charge in [0.05, 0.1) is 5.69 Å². The van der Waals surface area contributed by atoms with Gasteiger partial charge in [-0.2, -0.15) is 18.3 Å². The Balaban J connectivity index is 3.26. The summed E-state index contributed by atoms with van der Waals surface area (Å²) in [6, 6.07) is 0.758. The molecule has 0 bridgehead atoms. The van der Waals surface area contributed by atoms with Gasteiger partial charge in [0.2, 0.25) is 0 Å². The van der Waals surface area contributed by atoms with Gasteiger partial charge in [0.15, 0.2) is 0 Å². The number of aryl methyl sites for hydroxylation is 1. The van der Waals surface area contributed by atoms with Crippen molar-refractivity contribution in [3.63, 3.8) is 0 Å². The molecule has 0 amide bonds. The molecule has 1 aromatic rings. The maximum Gasteiger partial charge on any atom is 0.433 e. The van der Waals surface area contributed by atoms with Crippen molar-refractivity contribution in [2.75, 3.05) is 0 Å². The largest absolute Gasteiger partial charge is 0.481 e. The van der Waals surface area contributed by atoms with Crippen molar-refractivity contribution in [3.05, 3.63) is 17.5 Å². The molecule has 1 N–H and O–H groups in total. The number of alkyl halides is 3. The van der Waals surface area contributed by atoms with Crippen molar-refractivity contribution in [2.24, 2.45) is 7.05 Å². The van der Waals surface area contributed by atoms with Crippen LogP contribution in [0.4, 0.5) is 13.2 Å². The van der Waals surface area contributed by atoms with Gasteiger partial charge in [-0.3, -0.25) is 9.48 Å². The molecule has 90 valence electrons. The van der Waals surface area contributed by atoms with Crippen LogP contribution in [0.3, 0.4) is 0 Å². The molecule has 0 aliphatic heterocycles. The molecule has 16 heavy (non-hydrogen) atoms. The Kier molecular flexibility index (Phi) is 2.74. The maximum atomic E-state index is 12.4. The first-order valence-electron chi connectivity index (χ1n) is 4.42. The van der Waals surface area contributed by atoms with Crippen molar-refractivity contribution >= 4 is 5.97 Å². The minimum atomic E-state index is -4.53. The van der Waals surface area contributed by atoms with Gasteiger partial charge < -0.3 is 5.11 Å². The van der Waals surface area contributed by atoms with E-state index < -0.39 is 23.3 Å². The molecular weight excluding hydrogens is 225 g/mol. The van der Waals surface area contributed by atoms with E-state index in [1.54, 1.807) is 0 Å². The number of hydrogen-bond acceptors (Lipinski definition) is 2. The highest BCUT2D eigenvalue weighted by Crippen LogP contribution is 2.32. The molecule has 0 aromatic carbocycles. The highest BCUT2D eigenvalue weighted by molar-refractivity contribution is 5.79. The van der Waals surface area contributed by atoms with Crippen LogP contribution in [0.5, 0.6) is 0 Å². The quantitative estimate of drug-likeness (QED) is 0.851. The van der Waals surface area contributed by atoms with Crippen LogP contribution in [0.2, 0.25) is 0 Å². The summed E-state index contributed by atoms with van der Waals surface area (Å²) in [4.78, 5) is 10.9. The summed E-state index contributed by atoms with van der Waals surface area (Å²) in [6.45, 7) is 2.61. The Morgan fingerprint density at radius 1 is 1.44 bits per heavy atom. The smallest absolute Gasteiger partial charge is 0.433 e. The van der Waals surface area contributed by atoms with Crippen LogP contribution in [0.15, 0.2) is 6.07 Å². The lowest BCUT2D eigenvalue weighted by molar-refractivity contribution is -0.144.